The highest BCUT2D eigenvalue weighted by atomic mass is 79.9. The highest BCUT2D eigenvalue weighted by molar-refractivity contribution is 9.10. The van der Waals surface area contributed by atoms with Crippen LogP contribution < -0.4 is 10.0 Å². The maximum absolute atomic E-state index is 12.0. The van der Waals surface area contributed by atoms with Gasteiger partial charge in [-0.25, -0.2) is 8.42 Å². The van der Waals surface area contributed by atoms with E-state index in [9.17, 15) is 8.42 Å². The van der Waals surface area contributed by atoms with Gasteiger partial charge in [-0.15, -0.1) is 0 Å². The van der Waals surface area contributed by atoms with E-state index >= 15 is 0 Å². The van der Waals surface area contributed by atoms with Gasteiger partial charge in [0.25, 0.3) is 0 Å². The molecule has 1 aliphatic carbocycles. The fourth-order valence-electron chi connectivity index (χ4n) is 2.20. The van der Waals surface area contributed by atoms with Crippen LogP contribution in [0.4, 0.5) is 5.69 Å². The van der Waals surface area contributed by atoms with Crippen LogP contribution in [0.1, 0.15) is 12.8 Å². The topological polar surface area (TPSA) is 58.2 Å². The highest BCUT2D eigenvalue weighted by Crippen LogP contribution is 2.23. The molecule has 0 aliphatic heterocycles. The lowest BCUT2D eigenvalue weighted by atomic mass is 10.1. The van der Waals surface area contributed by atoms with Crippen LogP contribution in [0.3, 0.4) is 0 Å². The van der Waals surface area contributed by atoms with Crippen LogP contribution in [0.5, 0.6) is 0 Å². The Morgan fingerprint density at radius 3 is 2.57 bits per heavy atom. The zero-order valence-corrected chi connectivity index (χ0v) is 13.9. The maximum atomic E-state index is 12.0. The van der Waals surface area contributed by atoms with Crippen molar-refractivity contribution in [2.24, 2.45) is 0 Å². The molecule has 1 aliphatic rings. The van der Waals surface area contributed by atoms with Gasteiger partial charge in [-0.3, -0.25) is 4.72 Å². The molecule has 21 heavy (non-hydrogen) atoms. The molecule has 0 unspecified atom stereocenters. The number of fused-ring (bicyclic) bond motifs is 1. The lowest BCUT2D eigenvalue weighted by molar-refractivity contribution is 0.595. The standard InChI is InChI=1S/C15H17BrN2O2S/c16-13-3-1-12-10-15(4-2-11(12)9-13)18-21(19,20)8-7-17-14-5-6-14/h1-4,9-10,14,17-18H,5-8H2. The van der Waals surface area contributed by atoms with Crippen LogP contribution in [0.25, 0.3) is 10.8 Å². The van der Waals surface area contributed by atoms with E-state index in [1.54, 1.807) is 6.07 Å². The van der Waals surface area contributed by atoms with E-state index in [2.05, 4.69) is 26.0 Å². The van der Waals surface area contributed by atoms with E-state index in [0.29, 0.717) is 18.3 Å². The second-order valence-electron chi connectivity index (χ2n) is 5.36. The Bertz CT molecular complexity index is 757. The number of rotatable bonds is 6. The molecular formula is C15H17BrN2O2S. The number of sulfonamides is 1. The van der Waals surface area contributed by atoms with Crippen LogP contribution in [-0.2, 0) is 10.0 Å². The minimum atomic E-state index is -3.30. The summed E-state index contributed by atoms with van der Waals surface area (Å²) in [5.41, 5.74) is 0.608. The molecule has 1 fully saturated rings. The lowest BCUT2D eigenvalue weighted by Gasteiger charge is -2.09. The van der Waals surface area contributed by atoms with Crippen LogP contribution in [-0.4, -0.2) is 26.8 Å². The van der Waals surface area contributed by atoms with Crippen molar-refractivity contribution in [3.63, 3.8) is 0 Å². The summed E-state index contributed by atoms with van der Waals surface area (Å²) in [6.45, 7) is 0.501. The van der Waals surface area contributed by atoms with Crippen molar-refractivity contribution in [3.05, 3.63) is 40.9 Å². The average molecular weight is 369 g/mol. The SMILES string of the molecule is O=S(=O)(CCNC1CC1)Nc1ccc2cc(Br)ccc2c1. The Balaban J connectivity index is 1.69. The van der Waals surface area contributed by atoms with E-state index in [4.69, 9.17) is 0 Å². The minimum absolute atomic E-state index is 0.0991. The Kier molecular flexibility index (Phi) is 4.19. The van der Waals surface area contributed by atoms with Crippen LogP contribution in [0, 0.1) is 0 Å². The Labute approximate surface area is 133 Å². The fourth-order valence-corrected chi connectivity index (χ4v) is 3.55. The van der Waals surface area contributed by atoms with Crippen molar-refractivity contribution >= 4 is 42.4 Å². The van der Waals surface area contributed by atoms with Crippen LogP contribution in [0.15, 0.2) is 40.9 Å². The zero-order chi connectivity index (χ0) is 14.9. The van der Waals surface area contributed by atoms with E-state index in [1.165, 1.54) is 0 Å². The molecule has 4 nitrogen and oxygen atoms in total. The van der Waals surface area contributed by atoms with E-state index in [0.717, 1.165) is 28.1 Å². The summed E-state index contributed by atoms with van der Waals surface area (Å²) in [5, 5.41) is 5.29. The Morgan fingerprint density at radius 1 is 1.10 bits per heavy atom. The molecule has 0 saturated heterocycles. The van der Waals surface area contributed by atoms with Crippen LogP contribution >= 0.6 is 15.9 Å². The molecule has 1 saturated carbocycles. The van der Waals surface area contributed by atoms with Gasteiger partial charge in [-0.2, -0.15) is 0 Å². The Hall–Kier alpha value is -1.11. The summed E-state index contributed by atoms with van der Waals surface area (Å²) in [6, 6.07) is 12.0. The molecule has 0 heterocycles. The third-order valence-electron chi connectivity index (χ3n) is 3.46. The van der Waals surface area contributed by atoms with E-state index in [1.807, 2.05) is 30.3 Å². The number of nitrogens with one attached hydrogen (secondary N) is 2. The van der Waals surface area contributed by atoms with Crippen molar-refractivity contribution in [1.29, 1.82) is 0 Å². The van der Waals surface area contributed by atoms with Crippen molar-refractivity contribution in [2.45, 2.75) is 18.9 Å². The molecule has 0 spiro atoms. The number of hydrogen-bond acceptors (Lipinski definition) is 3. The maximum Gasteiger partial charge on any atom is 0.233 e. The van der Waals surface area contributed by atoms with Crippen molar-refractivity contribution in [3.8, 4) is 0 Å². The van der Waals surface area contributed by atoms with Crippen molar-refractivity contribution in [2.75, 3.05) is 17.0 Å². The summed E-state index contributed by atoms with van der Waals surface area (Å²) in [4.78, 5) is 0. The fraction of sp³-hybridized carbons (Fsp3) is 0.333. The summed E-state index contributed by atoms with van der Waals surface area (Å²) in [5.74, 6) is 0.0991. The number of hydrogen-bond donors (Lipinski definition) is 2. The molecule has 3 rings (SSSR count). The van der Waals surface area contributed by atoms with Crippen molar-refractivity contribution in [1.82, 2.24) is 5.32 Å². The molecule has 0 amide bonds. The first-order valence-electron chi connectivity index (χ1n) is 6.95. The molecule has 0 aromatic heterocycles. The second-order valence-corrected chi connectivity index (χ2v) is 8.11. The molecule has 112 valence electrons. The van der Waals surface area contributed by atoms with Gasteiger partial charge in [0, 0.05) is 22.7 Å². The summed E-state index contributed by atoms with van der Waals surface area (Å²) < 4.78 is 27.7. The van der Waals surface area contributed by atoms with Gasteiger partial charge in [0.05, 0.1) is 5.75 Å². The first-order chi connectivity index (χ1) is 10.0. The zero-order valence-electron chi connectivity index (χ0n) is 11.5. The van der Waals surface area contributed by atoms with Gasteiger partial charge in [0.15, 0.2) is 0 Å². The van der Waals surface area contributed by atoms with Gasteiger partial charge < -0.3 is 5.32 Å². The normalized spacial score (nSPS) is 15.3. The molecule has 6 heteroatoms. The highest BCUT2D eigenvalue weighted by Gasteiger charge is 2.21. The molecule has 0 bridgehead atoms. The quantitative estimate of drug-likeness (QED) is 0.823. The molecule has 2 aromatic carbocycles. The number of anilines is 1. The van der Waals surface area contributed by atoms with Gasteiger partial charge in [0.2, 0.25) is 10.0 Å². The van der Waals surface area contributed by atoms with E-state index in [-0.39, 0.29) is 5.75 Å². The van der Waals surface area contributed by atoms with Crippen LogP contribution in [0.2, 0.25) is 0 Å². The molecule has 0 atom stereocenters. The minimum Gasteiger partial charge on any atom is -0.313 e. The molecule has 2 N–H and O–H groups in total. The third-order valence-corrected chi connectivity index (χ3v) is 5.24. The summed E-state index contributed by atoms with van der Waals surface area (Å²) in [6.07, 6.45) is 2.32. The largest absolute Gasteiger partial charge is 0.313 e. The molecular weight excluding hydrogens is 352 g/mol. The molecule has 2 aromatic rings. The van der Waals surface area contributed by atoms with Gasteiger partial charge in [-0.1, -0.05) is 28.1 Å². The predicted octanol–water partition coefficient (Wildman–Crippen LogP) is 3.10. The first-order valence-corrected chi connectivity index (χ1v) is 9.40. The molecule has 0 radical (unpaired) electrons. The van der Waals surface area contributed by atoms with E-state index < -0.39 is 10.0 Å². The van der Waals surface area contributed by atoms with Gasteiger partial charge in [0.1, 0.15) is 0 Å². The first kappa shape index (κ1) is 14.8. The Morgan fingerprint density at radius 2 is 1.81 bits per heavy atom. The average Bonchev–Trinajstić information content (AvgIpc) is 3.22. The van der Waals surface area contributed by atoms with Gasteiger partial charge >= 0.3 is 0 Å². The third kappa shape index (κ3) is 4.18. The monoisotopic (exact) mass is 368 g/mol. The number of halogens is 1. The van der Waals surface area contributed by atoms with Gasteiger partial charge in [-0.05, 0) is 47.9 Å². The summed E-state index contributed by atoms with van der Waals surface area (Å²) >= 11 is 3.43. The predicted molar refractivity (Wildman–Crippen MR) is 90.1 cm³/mol. The summed E-state index contributed by atoms with van der Waals surface area (Å²) in [7, 11) is -3.30. The number of benzene rings is 2. The second kappa shape index (κ2) is 5.94. The lowest BCUT2D eigenvalue weighted by Crippen LogP contribution is -2.27. The van der Waals surface area contributed by atoms with Crippen molar-refractivity contribution < 1.29 is 8.42 Å². The smallest absolute Gasteiger partial charge is 0.233 e.